The third kappa shape index (κ3) is 4.48. The molecular formula is C26H20N2O5. The van der Waals surface area contributed by atoms with Gasteiger partial charge in [0, 0.05) is 28.6 Å². The Morgan fingerprint density at radius 1 is 0.939 bits per heavy atom. The molecule has 7 heteroatoms. The first-order valence-corrected chi connectivity index (χ1v) is 10.3. The van der Waals surface area contributed by atoms with E-state index < -0.39 is 23.3 Å². The number of para-hydroxylation sites is 1. The third-order valence-electron chi connectivity index (χ3n) is 5.40. The number of rotatable bonds is 6. The molecule has 33 heavy (non-hydrogen) atoms. The molecule has 0 fully saturated rings. The summed E-state index contributed by atoms with van der Waals surface area (Å²) in [5, 5.41) is 11.6. The number of fused-ring (bicyclic) bond motifs is 1. The molecule has 0 saturated heterocycles. The summed E-state index contributed by atoms with van der Waals surface area (Å²) in [5.41, 5.74) is 4.32. The van der Waals surface area contributed by atoms with Gasteiger partial charge in [0.1, 0.15) is 0 Å². The van der Waals surface area contributed by atoms with Gasteiger partial charge in [0.15, 0.2) is 6.61 Å². The van der Waals surface area contributed by atoms with Crippen LogP contribution in [-0.4, -0.2) is 28.3 Å². The number of hydrogen-bond donors (Lipinski definition) is 0. The van der Waals surface area contributed by atoms with Crippen LogP contribution in [0.25, 0.3) is 22.2 Å². The Hall–Kier alpha value is -4.39. The van der Waals surface area contributed by atoms with Gasteiger partial charge in [0.2, 0.25) is 5.78 Å². The van der Waals surface area contributed by atoms with Gasteiger partial charge in [-0.3, -0.25) is 14.9 Å². The van der Waals surface area contributed by atoms with Crippen molar-refractivity contribution in [2.75, 3.05) is 6.61 Å². The van der Waals surface area contributed by atoms with E-state index in [1.54, 1.807) is 12.1 Å². The first-order valence-electron chi connectivity index (χ1n) is 10.3. The highest BCUT2D eigenvalue weighted by Gasteiger charge is 2.19. The van der Waals surface area contributed by atoms with Crippen LogP contribution in [0.2, 0.25) is 0 Å². The predicted octanol–water partition coefficient (Wildman–Crippen LogP) is 5.47. The Bertz CT molecular complexity index is 1410. The molecule has 1 aromatic heterocycles. The van der Waals surface area contributed by atoms with Gasteiger partial charge in [-0.15, -0.1) is 0 Å². The normalized spacial score (nSPS) is 10.7. The van der Waals surface area contributed by atoms with Crippen molar-refractivity contribution in [2.45, 2.75) is 13.8 Å². The molecule has 0 bridgehead atoms. The van der Waals surface area contributed by atoms with Crippen LogP contribution in [0, 0.1) is 24.0 Å². The predicted molar refractivity (Wildman–Crippen MR) is 124 cm³/mol. The number of aryl methyl sites for hydroxylation is 2. The van der Waals surface area contributed by atoms with Crippen molar-refractivity contribution < 1.29 is 19.2 Å². The maximum atomic E-state index is 13.0. The fraction of sp³-hybridized carbons (Fsp3) is 0.115. The molecule has 4 rings (SSSR count). The number of nitrogens with zero attached hydrogens (tertiary/aromatic N) is 2. The average Bonchev–Trinajstić information content (AvgIpc) is 2.82. The molecule has 0 spiro atoms. The van der Waals surface area contributed by atoms with E-state index in [9.17, 15) is 19.7 Å². The van der Waals surface area contributed by atoms with Gasteiger partial charge in [-0.2, -0.15) is 0 Å². The zero-order valence-corrected chi connectivity index (χ0v) is 18.1. The number of nitro groups is 1. The lowest BCUT2D eigenvalue weighted by molar-refractivity contribution is -0.384. The molecule has 0 aliphatic rings. The van der Waals surface area contributed by atoms with Crippen molar-refractivity contribution in [3.05, 3.63) is 105 Å². The monoisotopic (exact) mass is 440 g/mol. The second-order valence-corrected chi connectivity index (χ2v) is 7.65. The molecule has 0 amide bonds. The third-order valence-corrected chi connectivity index (χ3v) is 5.40. The summed E-state index contributed by atoms with van der Waals surface area (Å²) < 4.78 is 5.33. The van der Waals surface area contributed by atoms with Crippen LogP contribution in [0.3, 0.4) is 0 Å². The van der Waals surface area contributed by atoms with E-state index in [1.165, 1.54) is 18.2 Å². The molecule has 4 aromatic rings. The van der Waals surface area contributed by atoms with E-state index in [1.807, 2.05) is 50.2 Å². The number of carbonyl (C=O) groups excluding carboxylic acids is 2. The van der Waals surface area contributed by atoms with Gasteiger partial charge in [0.05, 0.1) is 21.7 Å². The number of hydrogen-bond acceptors (Lipinski definition) is 6. The molecule has 0 radical (unpaired) electrons. The van der Waals surface area contributed by atoms with Gasteiger partial charge in [-0.1, -0.05) is 54.6 Å². The van der Waals surface area contributed by atoms with E-state index in [4.69, 9.17) is 9.72 Å². The average molecular weight is 440 g/mol. The standard InChI is InChI=1S/C26H20N2O5/c1-16-7-3-4-11-20(16)23-14-22(21-12-5-8-17(2)25(21)27-23)26(30)33-15-24(29)18-9-6-10-19(13-18)28(31)32/h3-14H,15H2,1-2H3. The molecule has 0 aliphatic carbocycles. The summed E-state index contributed by atoms with van der Waals surface area (Å²) >= 11 is 0. The van der Waals surface area contributed by atoms with E-state index in [0.29, 0.717) is 22.2 Å². The number of non-ortho nitro benzene ring substituents is 1. The van der Waals surface area contributed by atoms with Crippen molar-refractivity contribution in [1.82, 2.24) is 4.98 Å². The Kier molecular flexibility index (Phi) is 5.95. The first-order chi connectivity index (χ1) is 15.8. The summed E-state index contributed by atoms with van der Waals surface area (Å²) in [4.78, 5) is 40.7. The fourth-order valence-corrected chi connectivity index (χ4v) is 3.64. The number of Topliss-reactive ketones (excluding diaryl/α,β-unsaturated/α-hetero) is 1. The van der Waals surface area contributed by atoms with Crippen LogP contribution in [0.4, 0.5) is 5.69 Å². The zero-order chi connectivity index (χ0) is 23.5. The molecular weight excluding hydrogens is 420 g/mol. The quantitative estimate of drug-likeness (QED) is 0.171. The van der Waals surface area contributed by atoms with Crippen molar-refractivity contribution in [3.63, 3.8) is 0 Å². The lowest BCUT2D eigenvalue weighted by Crippen LogP contribution is -2.15. The van der Waals surface area contributed by atoms with Crippen LogP contribution >= 0.6 is 0 Å². The molecule has 0 unspecified atom stereocenters. The minimum absolute atomic E-state index is 0.105. The van der Waals surface area contributed by atoms with E-state index in [0.717, 1.165) is 22.8 Å². The lowest BCUT2D eigenvalue weighted by Gasteiger charge is -2.12. The minimum Gasteiger partial charge on any atom is -0.454 e. The Balaban J connectivity index is 1.67. The van der Waals surface area contributed by atoms with Crippen LogP contribution in [0.5, 0.6) is 0 Å². The summed E-state index contributed by atoms with van der Waals surface area (Å²) in [6.07, 6.45) is 0. The molecule has 164 valence electrons. The van der Waals surface area contributed by atoms with E-state index in [-0.39, 0.29) is 11.3 Å². The van der Waals surface area contributed by atoms with Crippen molar-refractivity contribution in [2.24, 2.45) is 0 Å². The molecule has 0 aliphatic heterocycles. The molecule has 0 N–H and O–H groups in total. The Morgan fingerprint density at radius 3 is 2.42 bits per heavy atom. The largest absolute Gasteiger partial charge is 0.454 e. The SMILES string of the molecule is Cc1ccccc1-c1cc(C(=O)OCC(=O)c2cccc([N+](=O)[O-])c2)c2cccc(C)c2n1. The van der Waals surface area contributed by atoms with Crippen LogP contribution in [0.15, 0.2) is 72.8 Å². The second kappa shape index (κ2) is 9.00. The summed E-state index contributed by atoms with van der Waals surface area (Å²) in [7, 11) is 0. The van der Waals surface area contributed by atoms with Crippen molar-refractivity contribution in [3.8, 4) is 11.3 Å². The van der Waals surface area contributed by atoms with Gasteiger partial charge in [0.25, 0.3) is 5.69 Å². The number of esters is 1. The summed E-state index contributed by atoms with van der Waals surface area (Å²) in [6, 6.07) is 20.3. The van der Waals surface area contributed by atoms with Gasteiger partial charge in [-0.05, 0) is 31.0 Å². The van der Waals surface area contributed by atoms with E-state index >= 15 is 0 Å². The van der Waals surface area contributed by atoms with Crippen molar-refractivity contribution >= 4 is 28.3 Å². The van der Waals surface area contributed by atoms with Gasteiger partial charge < -0.3 is 4.74 Å². The highest BCUT2D eigenvalue weighted by molar-refractivity contribution is 6.06. The van der Waals surface area contributed by atoms with Gasteiger partial charge in [-0.25, -0.2) is 9.78 Å². The minimum atomic E-state index is -0.665. The maximum absolute atomic E-state index is 13.0. The summed E-state index contributed by atoms with van der Waals surface area (Å²) in [5.74, 6) is -1.19. The Morgan fingerprint density at radius 2 is 1.67 bits per heavy atom. The number of aromatic nitrogens is 1. The summed E-state index contributed by atoms with van der Waals surface area (Å²) in [6.45, 7) is 3.35. The maximum Gasteiger partial charge on any atom is 0.339 e. The van der Waals surface area contributed by atoms with Crippen LogP contribution in [-0.2, 0) is 4.74 Å². The number of nitro benzene ring substituents is 1. The number of ketones is 1. The second-order valence-electron chi connectivity index (χ2n) is 7.65. The molecule has 7 nitrogen and oxygen atoms in total. The molecule has 0 saturated carbocycles. The number of benzene rings is 3. The molecule has 3 aromatic carbocycles. The molecule has 1 heterocycles. The zero-order valence-electron chi connectivity index (χ0n) is 18.1. The lowest BCUT2D eigenvalue weighted by atomic mass is 10.00. The highest BCUT2D eigenvalue weighted by Crippen LogP contribution is 2.29. The van der Waals surface area contributed by atoms with Crippen molar-refractivity contribution in [1.29, 1.82) is 0 Å². The highest BCUT2D eigenvalue weighted by atomic mass is 16.6. The first kappa shape index (κ1) is 21.8. The van der Waals surface area contributed by atoms with Crippen LogP contribution in [0.1, 0.15) is 31.8 Å². The topological polar surface area (TPSA) is 99.4 Å². The smallest absolute Gasteiger partial charge is 0.339 e. The van der Waals surface area contributed by atoms with Crippen LogP contribution < -0.4 is 0 Å². The molecule has 0 atom stereocenters. The number of pyridine rings is 1. The number of carbonyl (C=O) groups is 2. The number of ether oxygens (including phenoxy) is 1. The fourth-order valence-electron chi connectivity index (χ4n) is 3.64. The van der Waals surface area contributed by atoms with Gasteiger partial charge >= 0.3 is 5.97 Å². The Labute approximate surface area is 189 Å². The van der Waals surface area contributed by atoms with E-state index in [2.05, 4.69) is 0 Å².